The first kappa shape index (κ1) is 45.1. The lowest BCUT2D eigenvalue weighted by atomic mass is 9.99. The van der Waals surface area contributed by atoms with Crippen molar-refractivity contribution in [3.8, 4) is 0 Å². The van der Waals surface area contributed by atoms with E-state index < -0.39 is 11.9 Å². The second-order valence-corrected chi connectivity index (χ2v) is 15.3. The van der Waals surface area contributed by atoms with Gasteiger partial charge in [0.1, 0.15) is 5.82 Å². The molecule has 2 amide bonds. The van der Waals surface area contributed by atoms with Crippen molar-refractivity contribution in [2.45, 2.75) is 64.2 Å². The largest absolute Gasteiger partial charge is 0.478 e. The maximum atomic E-state index is 13.1. The molecular formula is C54H51FN2O6. The Morgan fingerprint density at radius 2 is 0.794 bits per heavy atom. The summed E-state index contributed by atoms with van der Waals surface area (Å²) in [6, 6.07) is 49.0. The summed E-state index contributed by atoms with van der Waals surface area (Å²) in [5, 5.41) is 26.6. The summed E-state index contributed by atoms with van der Waals surface area (Å²) in [5.74, 6) is -2.52. The Morgan fingerprint density at radius 3 is 1.32 bits per heavy atom. The molecule has 0 bridgehead atoms. The zero-order chi connectivity index (χ0) is 44.4. The fourth-order valence-corrected chi connectivity index (χ4v) is 7.64. The summed E-state index contributed by atoms with van der Waals surface area (Å²) < 4.78 is 13.1. The lowest BCUT2D eigenvalue weighted by molar-refractivity contribution is 0.0684. The Labute approximate surface area is 367 Å². The summed E-state index contributed by atoms with van der Waals surface area (Å²) in [7, 11) is 0. The first-order chi connectivity index (χ1) is 30.7. The number of carboxylic acid groups (broad SMARTS) is 2. The van der Waals surface area contributed by atoms with E-state index in [4.69, 9.17) is 0 Å². The van der Waals surface area contributed by atoms with E-state index in [1.165, 1.54) is 24.3 Å². The number of hydrogen-bond donors (Lipinski definition) is 4. The summed E-state index contributed by atoms with van der Waals surface area (Å²) in [6.07, 6.45) is 8.80. The van der Waals surface area contributed by atoms with Gasteiger partial charge in [0.25, 0.3) is 11.8 Å². The van der Waals surface area contributed by atoms with Gasteiger partial charge in [-0.15, -0.1) is 0 Å². The monoisotopic (exact) mass is 842 g/mol. The summed E-state index contributed by atoms with van der Waals surface area (Å²) in [5.41, 5.74) is 7.31. The van der Waals surface area contributed by atoms with E-state index in [0.717, 1.165) is 109 Å². The molecule has 0 aromatic heterocycles. The number of carbonyl (C=O) groups is 4. The predicted octanol–water partition coefficient (Wildman–Crippen LogP) is 12.5. The molecule has 0 aliphatic heterocycles. The van der Waals surface area contributed by atoms with Crippen LogP contribution in [0, 0.1) is 5.82 Å². The number of unbranched alkanes of at least 4 members (excludes halogenated alkanes) is 4. The van der Waals surface area contributed by atoms with Gasteiger partial charge in [-0.3, -0.25) is 9.59 Å². The van der Waals surface area contributed by atoms with Crippen molar-refractivity contribution in [1.82, 2.24) is 0 Å². The molecule has 8 nitrogen and oxygen atoms in total. The Morgan fingerprint density at radius 1 is 0.397 bits per heavy atom. The second-order valence-electron chi connectivity index (χ2n) is 15.3. The third kappa shape index (κ3) is 13.1. The molecule has 9 heteroatoms. The molecule has 0 saturated carbocycles. The van der Waals surface area contributed by atoms with Crippen LogP contribution in [0.1, 0.15) is 102 Å². The number of halogens is 1. The minimum absolute atomic E-state index is 0.107. The molecule has 7 aromatic carbocycles. The number of carboxylic acids is 2. The van der Waals surface area contributed by atoms with Crippen molar-refractivity contribution >= 4 is 45.9 Å². The molecule has 0 aliphatic rings. The van der Waals surface area contributed by atoms with Gasteiger partial charge in [-0.05, 0) is 139 Å². The van der Waals surface area contributed by atoms with E-state index in [2.05, 4.69) is 16.7 Å². The van der Waals surface area contributed by atoms with Crippen molar-refractivity contribution in [2.75, 3.05) is 10.6 Å². The maximum Gasteiger partial charge on any atom is 0.335 e. The topological polar surface area (TPSA) is 133 Å². The number of nitrogens with one attached hydrogen (secondary N) is 2. The lowest BCUT2D eigenvalue weighted by Gasteiger charge is -2.12. The van der Waals surface area contributed by atoms with Gasteiger partial charge >= 0.3 is 11.9 Å². The van der Waals surface area contributed by atoms with E-state index in [1.807, 2.05) is 109 Å². The highest BCUT2D eigenvalue weighted by Gasteiger charge is 2.14. The van der Waals surface area contributed by atoms with Crippen LogP contribution in [0.3, 0.4) is 0 Å². The van der Waals surface area contributed by atoms with Crippen LogP contribution in [-0.4, -0.2) is 34.0 Å². The molecule has 7 aromatic rings. The molecule has 0 atom stereocenters. The van der Waals surface area contributed by atoms with Crippen LogP contribution in [0.4, 0.5) is 15.8 Å². The molecule has 0 fully saturated rings. The summed E-state index contributed by atoms with van der Waals surface area (Å²) >= 11 is 0. The third-order valence-corrected chi connectivity index (χ3v) is 11.0. The number of benzene rings is 7. The first-order valence-corrected chi connectivity index (χ1v) is 21.3. The van der Waals surface area contributed by atoms with Crippen LogP contribution < -0.4 is 10.6 Å². The lowest BCUT2D eigenvalue weighted by Crippen LogP contribution is -2.13. The number of amides is 2. The van der Waals surface area contributed by atoms with Crippen LogP contribution >= 0.6 is 0 Å². The highest BCUT2D eigenvalue weighted by atomic mass is 19.1. The number of aromatic carboxylic acids is 2. The Kier molecular flexibility index (Phi) is 16.5. The van der Waals surface area contributed by atoms with Crippen molar-refractivity contribution in [3.05, 3.63) is 214 Å². The minimum Gasteiger partial charge on any atom is -0.478 e. The molecule has 0 heterocycles. The standard InChI is InChI=1S/C29H27NO3.C25H24FNO3/c31-28(26-19-10-16-21-12-4-7-17-24(21)26)30-27-20-9-6-15-23(27)14-3-1-2-11-22-13-5-8-18-25(22)29(32)33;26-21-16-14-20(15-17-21)24(28)27-23-13-7-5-11-19(23)10-3-1-2-8-18-9-4-6-12-22(18)25(29)30/h4-10,12-13,15-20H,1-3,11,14H2,(H,30,31)(H,32,33);4-7,9,11-17H,1-3,8,10H2,(H,27,28)(H,29,30). The zero-order valence-corrected chi connectivity index (χ0v) is 35.1. The van der Waals surface area contributed by atoms with Gasteiger partial charge in [0.15, 0.2) is 0 Å². The molecule has 0 aliphatic carbocycles. The second kappa shape index (κ2) is 23.0. The van der Waals surface area contributed by atoms with Gasteiger partial charge in [0.2, 0.25) is 0 Å². The fraction of sp³-hybridized carbons (Fsp3) is 0.185. The maximum absolute atomic E-state index is 13.1. The summed E-state index contributed by atoms with van der Waals surface area (Å²) in [6.45, 7) is 0. The molecule has 320 valence electrons. The predicted molar refractivity (Wildman–Crippen MR) is 248 cm³/mol. The number of para-hydroxylation sites is 2. The number of carbonyl (C=O) groups excluding carboxylic acids is 2. The highest BCUT2D eigenvalue weighted by molar-refractivity contribution is 6.13. The van der Waals surface area contributed by atoms with Crippen molar-refractivity contribution in [2.24, 2.45) is 0 Å². The first-order valence-electron chi connectivity index (χ1n) is 21.3. The van der Waals surface area contributed by atoms with Crippen molar-refractivity contribution in [3.63, 3.8) is 0 Å². The van der Waals surface area contributed by atoms with Gasteiger partial charge < -0.3 is 20.8 Å². The van der Waals surface area contributed by atoms with Crippen molar-refractivity contribution in [1.29, 1.82) is 0 Å². The van der Waals surface area contributed by atoms with Gasteiger partial charge in [-0.25, -0.2) is 14.0 Å². The molecule has 7 rings (SSSR count). The molecule has 0 saturated heterocycles. The van der Waals surface area contributed by atoms with Gasteiger partial charge in [-0.1, -0.05) is 122 Å². The number of aryl methyl sites for hydroxylation is 4. The minimum atomic E-state index is -0.892. The van der Waals surface area contributed by atoms with Gasteiger partial charge in [0.05, 0.1) is 11.1 Å². The quantitative estimate of drug-likeness (QED) is 0.0636. The average Bonchev–Trinajstić information content (AvgIpc) is 3.30. The molecule has 0 radical (unpaired) electrons. The smallest absolute Gasteiger partial charge is 0.335 e. The van der Waals surface area contributed by atoms with Crippen LogP contribution in [0.15, 0.2) is 164 Å². The summed E-state index contributed by atoms with van der Waals surface area (Å²) in [4.78, 5) is 48.1. The molecule has 0 spiro atoms. The normalized spacial score (nSPS) is 10.7. The Balaban J connectivity index is 0.000000211. The number of anilines is 2. The zero-order valence-electron chi connectivity index (χ0n) is 35.1. The van der Waals surface area contributed by atoms with Crippen LogP contribution in [-0.2, 0) is 25.7 Å². The van der Waals surface area contributed by atoms with Gasteiger partial charge in [0, 0.05) is 22.5 Å². The third-order valence-electron chi connectivity index (χ3n) is 11.0. The molecule has 63 heavy (non-hydrogen) atoms. The Hall–Kier alpha value is -7.39. The van der Waals surface area contributed by atoms with Crippen LogP contribution in [0.2, 0.25) is 0 Å². The SMILES string of the molecule is O=C(Nc1ccccc1CCCCCc1ccccc1C(=O)O)c1ccc(F)cc1.O=C(O)c1ccccc1CCCCCc1ccccc1NC(=O)c1cccc2ccccc12. The van der Waals surface area contributed by atoms with E-state index in [0.29, 0.717) is 22.3 Å². The van der Waals surface area contributed by atoms with Crippen molar-refractivity contribution < 1.29 is 33.8 Å². The van der Waals surface area contributed by atoms with E-state index in [-0.39, 0.29) is 17.6 Å². The number of fused-ring (bicyclic) bond motifs is 1. The molecule has 4 N–H and O–H groups in total. The average molecular weight is 843 g/mol. The van der Waals surface area contributed by atoms with Crippen LogP contribution in [0.25, 0.3) is 10.8 Å². The molecule has 0 unspecified atom stereocenters. The highest BCUT2D eigenvalue weighted by Crippen LogP contribution is 2.24. The Bertz CT molecular complexity index is 2650. The number of hydrogen-bond acceptors (Lipinski definition) is 4. The van der Waals surface area contributed by atoms with E-state index in [1.54, 1.807) is 24.3 Å². The van der Waals surface area contributed by atoms with E-state index in [9.17, 15) is 33.8 Å². The molecular weight excluding hydrogens is 792 g/mol. The fourth-order valence-electron chi connectivity index (χ4n) is 7.64. The number of rotatable bonds is 18. The van der Waals surface area contributed by atoms with Gasteiger partial charge in [-0.2, -0.15) is 0 Å². The van der Waals surface area contributed by atoms with E-state index >= 15 is 0 Å². The van der Waals surface area contributed by atoms with Crippen LogP contribution in [0.5, 0.6) is 0 Å².